The molecule has 0 saturated heterocycles. The normalized spacial score (nSPS) is 10.4. The Hall–Kier alpha value is -2.50. The molecule has 6 heteroatoms. The highest BCUT2D eigenvalue weighted by Crippen LogP contribution is 2.14. The van der Waals surface area contributed by atoms with E-state index in [0.29, 0.717) is 5.56 Å². The van der Waals surface area contributed by atoms with Crippen molar-refractivity contribution in [1.29, 1.82) is 0 Å². The molecule has 0 N–H and O–H groups in total. The molecule has 0 aliphatic carbocycles. The average Bonchev–Trinajstić information content (AvgIpc) is 2.86. The van der Waals surface area contributed by atoms with Crippen LogP contribution in [-0.2, 0) is 13.0 Å². The first kappa shape index (κ1) is 12.9. The van der Waals surface area contributed by atoms with Gasteiger partial charge in [-0.05, 0) is 0 Å². The summed E-state index contributed by atoms with van der Waals surface area (Å²) in [7, 11) is 0. The molecule has 2 rings (SSSR count). The Bertz CT molecular complexity index is 619. The molecule has 19 heavy (non-hydrogen) atoms. The third-order valence-electron chi connectivity index (χ3n) is 2.81. The number of nitro benzene ring substituents is 1. The van der Waals surface area contributed by atoms with Crippen LogP contribution in [0.5, 0.6) is 0 Å². The van der Waals surface area contributed by atoms with Crippen molar-refractivity contribution in [3.8, 4) is 0 Å². The number of hydrogen-bond acceptors (Lipinski definition) is 4. The minimum Gasteiger partial charge on any atom is -0.327 e. The molecule has 0 aliphatic heterocycles. The predicted octanol–water partition coefficient (Wildman–Crippen LogP) is 2.24. The summed E-state index contributed by atoms with van der Waals surface area (Å²) < 4.78 is 1.75. The number of hydrogen-bond donors (Lipinski definition) is 0. The number of rotatable bonds is 5. The third kappa shape index (κ3) is 2.85. The smallest absolute Gasteiger partial charge is 0.270 e. The van der Waals surface area contributed by atoms with Crippen LogP contribution in [0.3, 0.4) is 0 Å². The van der Waals surface area contributed by atoms with Gasteiger partial charge >= 0.3 is 0 Å². The summed E-state index contributed by atoms with van der Waals surface area (Å²) in [4.78, 5) is 26.4. The van der Waals surface area contributed by atoms with E-state index in [1.165, 1.54) is 18.2 Å². The largest absolute Gasteiger partial charge is 0.327 e. The topological polar surface area (TPSA) is 78.0 Å². The quantitative estimate of drug-likeness (QED) is 0.468. The summed E-state index contributed by atoms with van der Waals surface area (Å²) in [5, 5.41) is 10.7. The van der Waals surface area contributed by atoms with E-state index in [0.717, 1.165) is 12.2 Å². The SMILES string of the molecule is CCc1nccn1CC(=O)c1cccc([N+](=O)[O-])c1. The van der Waals surface area contributed by atoms with Crippen molar-refractivity contribution < 1.29 is 9.72 Å². The second-order valence-corrected chi connectivity index (χ2v) is 4.06. The van der Waals surface area contributed by atoms with Gasteiger partial charge < -0.3 is 4.57 Å². The summed E-state index contributed by atoms with van der Waals surface area (Å²) in [6.45, 7) is 2.10. The second-order valence-electron chi connectivity index (χ2n) is 4.06. The zero-order valence-electron chi connectivity index (χ0n) is 10.4. The molecule has 0 amide bonds. The first-order chi connectivity index (χ1) is 9.11. The van der Waals surface area contributed by atoms with Crippen LogP contribution < -0.4 is 0 Å². The highest BCUT2D eigenvalue weighted by atomic mass is 16.6. The molecule has 0 aliphatic rings. The molecular formula is C13H13N3O3. The van der Waals surface area contributed by atoms with E-state index in [9.17, 15) is 14.9 Å². The summed E-state index contributed by atoms with van der Waals surface area (Å²) in [6.07, 6.45) is 4.10. The van der Waals surface area contributed by atoms with Gasteiger partial charge in [-0.2, -0.15) is 0 Å². The fraction of sp³-hybridized carbons (Fsp3) is 0.231. The number of nitro groups is 1. The highest BCUT2D eigenvalue weighted by Gasteiger charge is 2.13. The number of imidazole rings is 1. The number of aromatic nitrogens is 2. The van der Waals surface area contributed by atoms with Crippen LogP contribution in [0.25, 0.3) is 0 Å². The Morgan fingerprint density at radius 3 is 2.95 bits per heavy atom. The molecule has 0 fully saturated rings. The Labute approximate surface area is 109 Å². The van der Waals surface area contributed by atoms with Gasteiger partial charge in [-0.3, -0.25) is 14.9 Å². The lowest BCUT2D eigenvalue weighted by Crippen LogP contribution is -2.12. The van der Waals surface area contributed by atoms with E-state index in [1.807, 2.05) is 6.92 Å². The lowest BCUT2D eigenvalue weighted by molar-refractivity contribution is -0.384. The van der Waals surface area contributed by atoms with Crippen LogP contribution in [-0.4, -0.2) is 20.3 Å². The molecule has 1 aromatic carbocycles. The number of ketones is 1. The van der Waals surface area contributed by atoms with Crippen LogP contribution in [0.2, 0.25) is 0 Å². The monoisotopic (exact) mass is 259 g/mol. The van der Waals surface area contributed by atoms with Crippen molar-refractivity contribution in [2.45, 2.75) is 19.9 Å². The molecule has 2 aromatic rings. The van der Waals surface area contributed by atoms with Crippen LogP contribution in [0.15, 0.2) is 36.7 Å². The minimum atomic E-state index is -0.508. The first-order valence-corrected chi connectivity index (χ1v) is 5.89. The van der Waals surface area contributed by atoms with Gasteiger partial charge in [-0.15, -0.1) is 0 Å². The van der Waals surface area contributed by atoms with Gasteiger partial charge in [0.05, 0.1) is 11.5 Å². The highest BCUT2D eigenvalue weighted by molar-refractivity contribution is 5.96. The molecule has 0 radical (unpaired) electrons. The molecule has 0 saturated carbocycles. The predicted molar refractivity (Wildman–Crippen MR) is 69.0 cm³/mol. The standard InChI is InChI=1S/C13H13N3O3/c1-2-13-14-6-7-15(13)9-12(17)10-4-3-5-11(8-10)16(18)19/h3-8H,2,9H2,1H3. The second kappa shape index (κ2) is 5.43. The van der Waals surface area contributed by atoms with Crippen LogP contribution in [0, 0.1) is 10.1 Å². The Morgan fingerprint density at radius 1 is 1.47 bits per heavy atom. The summed E-state index contributed by atoms with van der Waals surface area (Å²) in [5.41, 5.74) is 0.261. The maximum Gasteiger partial charge on any atom is 0.270 e. The van der Waals surface area contributed by atoms with E-state index >= 15 is 0 Å². The number of carbonyl (C=O) groups is 1. The maximum absolute atomic E-state index is 12.1. The third-order valence-corrected chi connectivity index (χ3v) is 2.81. The van der Waals surface area contributed by atoms with E-state index in [2.05, 4.69) is 4.98 Å². The van der Waals surface area contributed by atoms with Crippen molar-refractivity contribution in [3.63, 3.8) is 0 Å². The summed E-state index contributed by atoms with van der Waals surface area (Å²) in [5.74, 6) is 0.648. The van der Waals surface area contributed by atoms with Gasteiger partial charge in [0.25, 0.3) is 5.69 Å². The lowest BCUT2D eigenvalue weighted by Gasteiger charge is -2.05. The van der Waals surface area contributed by atoms with E-state index < -0.39 is 4.92 Å². The summed E-state index contributed by atoms with van der Waals surface area (Å²) in [6, 6.07) is 5.76. The van der Waals surface area contributed by atoms with Gasteiger partial charge in [-0.25, -0.2) is 4.98 Å². The van der Waals surface area contributed by atoms with Crippen molar-refractivity contribution in [2.24, 2.45) is 0 Å². The first-order valence-electron chi connectivity index (χ1n) is 5.89. The number of nitrogens with zero attached hydrogens (tertiary/aromatic N) is 3. The maximum atomic E-state index is 12.1. The van der Waals surface area contributed by atoms with Crippen LogP contribution >= 0.6 is 0 Å². The molecule has 0 unspecified atom stereocenters. The fourth-order valence-corrected chi connectivity index (χ4v) is 1.84. The lowest BCUT2D eigenvalue weighted by atomic mass is 10.1. The van der Waals surface area contributed by atoms with Crippen molar-refractivity contribution in [2.75, 3.05) is 0 Å². The molecule has 1 aromatic heterocycles. The number of aryl methyl sites for hydroxylation is 1. The number of Topliss-reactive ketones (excluding diaryl/α,β-unsaturated/α-hetero) is 1. The van der Waals surface area contributed by atoms with Gasteiger partial charge in [-0.1, -0.05) is 19.1 Å². The van der Waals surface area contributed by atoms with E-state index in [1.54, 1.807) is 23.0 Å². The Balaban J connectivity index is 2.20. The van der Waals surface area contributed by atoms with Gasteiger partial charge in [0, 0.05) is 36.5 Å². The Morgan fingerprint density at radius 2 is 2.26 bits per heavy atom. The molecule has 0 spiro atoms. The van der Waals surface area contributed by atoms with Crippen molar-refractivity contribution in [1.82, 2.24) is 9.55 Å². The molecule has 98 valence electrons. The summed E-state index contributed by atoms with van der Waals surface area (Å²) >= 11 is 0. The number of carbonyl (C=O) groups excluding carboxylic acids is 1. The van der Waals surface area contributed by atoms with Crippen LogP contribution in [0.1, 0.15) is 23.1 Å². The molecule has 6 nitrogen and oxygen atoms in total. The van der Waals surface area contributed by atoms with Crippen LogP contribution in [0.4, 0.5) is 5.69 Å². The molecule has 0 bridgehead atoms. The van der Waals surface area contributed by atoms with Crippen molar-refractivity contribution >= 4 is 11.5 Å². The number of non-ortho nitro benzene ring substituents is 1. The van der Waals surface area contributed by atoms with Gasteiger partial charge in [0.2, 0.25) is 0 Å². The van der Waals surface area contributed by atoms with E-state index in [4.69, 9.17) is 0 Å². The molecule has 1 heterocycles. The molecular weight excluding hydrogens is 246 g/mol. The average molecular weight is 259 g/mol. The fourth-order valence-electron chi connectivity index (χ4n) is 1.84. The zero-order valence-corrected chi connectivity index (χ0v) is 10.4. The minimum absolute atomic E-state index is 0.0767. The van der Waals surface area contributed by atoms with Gasteiger partial charge in [0.1, 0.15) is 5.82 Å². The Kier molecular flexibility index (Phi) is 3.70. The number of benzene rings is 1. The zero-order chi connectivity index (χ0) is 13.8. The molecule has 0 atom stereocenters. The van der Waals surface area contributed by atoms with Crippen molar-refractivity contribution in [3.05, 3.63) is 58.2 Å². The van der Waals surface area contributed by atoms with Gasteiger partial charge in [0.15, 0.2) is 5.78 Å². The van der Waals surface area contributed by atoms with E-state index in [-0.39, 0.29) is 18.0 Å².